The van der Waals surface area contributed by atoms with Crippen LogP contribution in [0.4, 0.5) is 35.1 Å². The minimum atomic E-state index is -5.43. The molecule has 0 bridgehead atoms. The van der Waals surface area contributed by atoms with Crippen LogP contribution >= 0.6 is 0 Å². The van der Waals surface area contributed by atoms with E-state index in [9.17, 15) is 35.1 Å². The number of hydrogen-bond donors (Lipinski definition) is 1. The summed E-state index contributed by atoms with van der Waals surface area (Å²) in [5.74, 6) is -1.71. The molecule has 0 aliphatic rings. The number of rotatable bonds is 3. The van der Waals surface area contributed by atoms with Gasteiger partial charge in [-0.1, -0.05) is 0 Å². The topological polar surface area (TPSA) is 48.1 Å². The number of nitrogens with two attached hydrogens (primary N) is 1. The average Bonchev–Trinajstić information content (AvgIpc) is 2.24. The van der Waals surface area contributed by atoms with E-state index < -0.39 is 48.2 Å². The van der Waals surface area contributed by atoms with E-state index in [4.69, 9.17) is 5.73 Å². The summed E-state index contributed by atoms with van der Waals surface area (Å²) in [5, 5.41) is 0. The second-order valence-electron chi connectivity index (χ2n) is 3.42. The van der Waals surface area contributed by atoms with Crippen molar-refractivity contribution in [2.24, 2.45) is 5.73 Å². The maximum Gasteiger partial charge on any atom is 0.573 e. The fraction of sp³-hybridized carbons (Fsp3) is 0.444. The molecule has 0 spiro atoms. The van der Waals surface area contributed by atoms with Crippen molar-refractivity contribution in [2.45, 2.75) is 25.5 Å². The molecule has 0 aromatic carbocycles. The Labute approximate surface area is 106 Å². The van der Waals surface area contributed by atoms with Gasteiger partial charge in [-0.05, 0) is 6.07 Å². The average molecular weight is 310 g/mol. The summed E-state index contributed by atoms with van der Waals surface area (Å²) >= 11 is 0. The Hall–Kier alpha value is -1.65. The Morgan fingerprint density at radius 1 is 1.15 bits per heavy atom. The smallest absolute Gasteiger partial charge is 0.404 e. The molecule has 0 aliphatic carbocycles. The standard InChI is InChI=1S/C9H6F8N2O/c10-7(11)6-5(20-9(15,16)17)1-3(8(12,13)14)4(2-18)19-6/h1,7H,2,18H2. The first-order valence-electron chi connectivity index (χ1n) is 4.80. The van der Waals surface area contributed by atoms with E-state index in [-0.39, 0.29) is 6.07 Å². The summed E-state index contributed by atoms with van der Waals surface area (Å²) in [7, 11) is 0. The van der Waals surface area contributed by atoms with Gasteiger partial charge in [0.2, 0.25) is 0 Å². The SMILES string of the molecule is NCc1nc(C(F)F)c(OC(F)(F)F)cc1C(F)(F)F. The van der Waals surface area contributed by atoms with Crippen molar-refractivity contribution in [3.05, 3.63) is 23.0 Å². The lowest BCUT2D eigenvalue weighted by Gasteiger charge is -2.17. The lowest BCUT2D eigenvalue weighted by molar-refractivity contribution is -0.275. The van der Waals surface area contributed by atoms with Gasteiger partial charge in [-0.3, -0.25) is 0 Å². The zero-order valence-corrected chi connectivity index (χ0v) is 9.32. The molecule has 20 heavy (non-hydrogen) atoms. The van der Waals surface area contributed by atoms with E-state index in [1.54, 1.807) is 0 Å². The predicted octanol–water partition coefficient (Wildman–Crippen LogP) is 3.40. The van der Waals surface area contributed by atoms with Crippen LogP contribution in [-0.2, 0) is 12.7 Å². The van der Waals surface area contributed by atoms with Gasteiger partial charge in [-0.15, -0.1) is 13.2 Å². The molecule has 1 rings (SSSR count). The molecule has 1 heterocycles. The number of hydrogen-bond acceptors (Lipinski definition) is 3. The minimum absolute atomic E-state index is 0.190. The zero-order chi connectivity index (χ0) is 15.7. The van der Waals surface area contributed by atoms with Crippen LogP contribution in [0.1, 0.15) is 23.4 Å². The number of nitrogens with zero attached hydrogens (tertiary/aromatic N) is 1. The number of aromatic nitrogens is 1. The maximum absolute atomic E-state index is 12.6. The van der Waals surface area contributed by atoms with Gasteiger partial charge in [0.25, 0.3) is 6.43 Å². The molecule has 0 aliphatic heterocycles. The van der Waals surface area contributed by atoms with E-state index in [1.807, 2.05) is 0 Å². The van der Waals surface area contributed by atoms with Crippen LogP contribution in [0, 0.1) is 0 Å². The van der Waals surface area contributed by atoms with Crippen LogP contribution in [0.15, 0.2) is 6.07 Å². The molecule has 0 radical (unpaired) electrons. The first-order chi connectivity index (χ1) is 8.95. The molecule has 1 aromatic heterocycles. The third-order valence-electron chi connectivity index (χ3n) is 2.03. The molecular weight excluding hydrogens is 304 g/mol. The highest BCUT2D eigenvalue weighted by Crippen LogP contribution is 2.38. The van der Waals surface area contributed by atoms with Crippen LogP contribution in [-0.4, -0.2) is 11.3 Å². The van der Waals surface area contributed by atoms with Gasteiger partial charge in [0.05, 0.1) is 11.3 Å². The van der Waals surface area contributed by atoms with E-state index in [0.29, 0.717) is 0 Å². The Bertz CT molecular complexity index is 482. The van der Waals surface area contributed by atoms with Crippen molar-refractivity contribution in [3.8, 4) is 5.75 Å². The summed E-state index contributed by atoms with van der Waals surface area (Å²) in [5.41, 5.74) is 0.703. The first kappa shape index (κ1) is 16.4. The van der Waals surface area contributed by atoms with Gasteiger partial charge in [0, 0.05) is 6.54 Å². The zero-order valence-electron chi connectivity index (χ0n) is 9.32. The Balaban J connectivity index is 3.47. The number of halogens is 8. The molecule has 0 saturated carbocycles. The molecule has 0 fully saturated rings. The summed E-state index contributed by atoms with van der Waals surface area (Å²) < 4.78 is 102. The van der Waals surface area contributed by atoms with E-state index in [2.05, 4.69) is 9.72 Å². The molecule has 0 amide bonds. The van der Waals surface area contributed by atoms with E-state index in [0.717, 1.165) is 0 Å². The van der Waals surface area contributed by atoms with Crippen molar-refractivity contribution in [2.75, 3.05) is 0 Å². The fourth-order valence-corrected chi connectivity index (χ4v) is 1.31. The van der Waals surface area contributed by atoms with Crippen molar-refractivity contribution in [3.63, 3.8) is 0 Å². The molecule has 0 atom stereocenters. The Morgan fingerprint density at radius 2 is 1.70 bits per heavy atom. The third-order valence-corrected chi connectivity index (χ3v) is 2.03. The second kappa shape index (κ2) is 5.38. The molecule has 0 unspecified atom stereocenters. The van der Waals surface area contributed by atoms with Gasteiger partial charge < -0.3 is 10.5 Å². The van der Waals surface area contributed by atoms with Crippen LogP contribution < -0.4 is 10.5 Å². The van der Waals surface area contributed by atoms with Gasteiger partial charge in [0.15, 0.2) is 5.75 Å². The monoisotopic (exact) mass is 310 g/mol. The van der Waals surface area contributed by atoms with Crippen molar-refractivity contribution in [1.82, 2.24) is 4.98 Å². The van der Waals surface area contributed by atoms with Gasteiger partial charge in [-0.2, -0.15) is 13.2 Å². The van der Waals surface area contributed by atoms with Gasteiger partial charge in [-0.25, -0.2) is 13.8 Å². The molecule has 0 saturated heterocycles. The molecule has 2 N–H and O–H groups in total. The lowest BCUT2D eigenvalue weighted by atomic mass is 10.1. The highest BCUT2D eigenvalue weighted by atomic mass is 19.4. The summed E-state index contributed by atoms with van der Waals surface area (Å²) in [4.78, 5) is 2.82. The third kappa shape index (κ3) is 3.92. The van der Waals surface area contributed by atoms with Crippen LogP contribution in [0.2, 0.25) is 0 Å². The normalized spacial score (nSPS) is 12.9. The number of ether oxygens (including phenoxy) is 1. The van der Waals surface area contributed by atoms with Crippen LogP contribution in [0.25, 0.3) is 0 Å². The van der Waals surface area contributed by atoms with Crippen molar-refractivity contribution >= 4 is 0 Å². The first-order valence-corrected chi connectivity index (χ1v) is 4.80. The van der Waals surface area contributed by atoms with E-state index >= 15 is 0 Å². The van der Waals surface area contributed by atoms with Crippen molar-refractivity contribution in [1.29, 1.82) is 0 Å². The van der Waals surface area contributed by atoms with Gasteiger partial charge >= 0.3 is 12.5 Å². The molecule has 3 nitrogen and oxygen atoms in total. The summed E-state index contributed by atoms with van der Waals surface area (Å²) in [6.45, 7) is -0.874. The largest absolute Gasteiger partial charge is 0.573 e. The van der Waals surface area contributed by atoms with Gasteiger partial charge in [0.1, 0.15) is 5.69 Å². The maximum atomic E-state index is 12.6. The molecule has 11 heteroatoms. The number of pyridine rings is 1. The highest BCUT2D eigenvalue weighted by Gasteiger charge is 2.39. The summed E-state index contributed by atoms with van der Waals surface area (Å²) in [6.07, 6.45) is -14.1. The van der Waals surface area contributed by atoms with E-state index in [1.165, 1.54) is 0 Å². The second-order valence-corrected chi connectivity index (χ2v) is 3.42. The van der Waals surface area contributed by atoms with Crippen LogP contribution in [0.5, 0.6) is 5.75 Å². The molecule has 114 valence electrons. The molecular formula is C9H6F8N2O. The minimum Gasteiger partial charge on any atom is -0.404 e. The predicted molar refractivity (Wildman–Crippen MR) is 48.8 cm³/mol. The quantitative estimate of drug-likeness (QED) is 0.871. The Kier molecular flexibility index (Phi) is 4.42. The molecule has 1 aromatic rings. The summed E-state index contributed by atoms with van der Waals surface area (Å²) in [6, 6.07) is -0.190. The number of alkyl halides is 8. The lowest BCUT2D eigenvalue weighted by Crippen LogP contribution is -2.21. The van der Waals surface area contributed by atoms with Crippen LogP contribution in [0.3, 0.4) is 0 Å². The fourth-order valence-electron chi connectivity index (χ4n) is 1.31. The highest BCUT2D eigenvalue weighted by molar-refractivity contribution is 5.38. The Morgan fingerprint density at radius 3 is 2.05 bits per heavy atom. The van der Waals surface area contributed by atoms with Crippen molar-refractivity contribution < 1.29 is 39.9 Å².